The van der Waals surface area contributed by atoms with Crippen molar-refractivity contribution in [2.24, 2.45) is 34.5 Å². The fourth-order valence-electron chi connectivity index (χ4n) is 8.21. The Kier molecular flexibility index (Phi) is 4.85. The predicted molar refractivity (Wildman–Crippen MR) is 119 cm³/mol. The molecule has 7 unspecified atom stereocenters. The van der Waals surface area contributed by atoms with Crippen LogP contribution in [0.2, 0.25) is 0 Å². The molecule has 1 N–H and O–H groups in total. The third-order valence-electron chi connectivity index (χ3n) is 9.92. The highest BCUT2D eigenvalue weighted by Gasteiger charge is 2.60. The Hall–Kier alpha value is -1.28. The van der Waals surface area contributed by atoms with E-state index in [2.05, 4.69) is 32.1 Å². The fraction of sp³-hybridized carbons (Fsp3) is 0.704. The smallest absolute Gasteiger partial charge is 0.118 e. The van der Waals surface area contributed by atoms with Crippen molar-refractivity contribution in [2.75, 3.05) is 7.11 Å². The second kappa shape index (κ2) is 7.15. The molecule has 4 aliphatic carbocycles. The minimum atomic E-state index is -0.285. The van der Waals surface area contributed by atoms with E-state index in [-0.39, 0.29) is 11.5 Å². The van der Waals surface area contributed by atoms with Crippen molar-refractivity contribution in [3.63, 3.8) is 0 Å². The lowest BCUT2D eigenvalue weighted by atomic mass is 9.45. The zero-order chi connectivity index (χ0) is 20.2. The normalized spacial score (nSPS) is 45.4. The number of methoxy groups -OCH3 is 1. The summed E-state index contributed by atoms with van der Waals surface area (Å²) in [5, 5.41) is 11.4. The number of ether oxygens (including phenoxy) is 1. The van der Waals surface area contributed by atoms with Crippen molar-refractivity contribution in [3.8, 4) is 5.75 Å². The highest BCUT2D eigenvalue weighted by Crippen LogP contribution is 2.67. The molecule has 0 bridgehead atoms. The number of benzene rings is 1. The molecule has 0 heterocycles. The van der Waals surface area contributed by atoms with E-state index in [0.717, 1.165) is 29.9 Å². The van der Waals surface area contributed by atoms with Gasteiger partial charge in [-0.1, -0.05) is 44.9 Å². The zero-order valence-electron chi connectivity index (χ0n) is 18.5. The molecule has 158 valence electrons. The van der Waals surface area contributed by atoms with Gasteiger partial charge in [0.1, 0.15) is 5.75 Å². The first-order valence-corrected chi connectivity index (χ1v) is 12.0. The molecule has 4 fully saturated rings. The van der Waals surface area contributed by atoms with Crippen LogP contribution in [-0.4, -0.2) is 18.3 Å². The van der Waals surface area contributed by atoms with E-state index >= 15 is 0 Å². The first-order chi connectivity index (χ1) is 14.0. The predicted octanol–water partition coefficient (Wildman–Crippen LogP) is 6.48. The number of fused-ring (bicyclic) bond motifs is 5. The van der Waals surface area contributed by atoms with Crippen molar-refractivity contribution in [2.45, 2.75) is 77.7 Å². The summed E-state index contributed by atoms with van der Waals surface area (Å²) < 4.78 is 5.30. The average molecular weight is 395 g/mol. The summed E-state index contributed by atoms with van der Waals surface area (Å²) in [6.45, 7) is 5.03. The summed E-state index contributed by atoms with van der Waals surface area (Å²) in [7, 11) is 1.71. The maximum absolute atomic E-state index is 11.4. The van der Waals surface area contributed by atoms with Gasteiger partial charge in [-0.25, -0.2) is 0 Å². The van der Waals surface area contributed by atoms with Gasteiger partial charge in [0.05, 0.1) is 13.2 Å². The van der Waals surface area contributed by atoms with Crippen molar-refractivity contribution in [1.29, 1.82) is 0 Å². The van der Waals surface area contributed by atoms with E-state index in [1.165, 1.54) is 62.5 Å². The van der Waals surface area contributed by atoms with Gasteiger partial charge in [-0.3, -0.25) is 0 Å². The molecule has 0 saturated heterocycles. The molecule has 29 heavy (non-hydrogen) atoms. The van der Waals surface area contributed by atoms with Gasteiger partial charge in [-0.2, -0.15) is 0 Å². The maximum atomic E-state index is 11.4. The molecular formula is C27H38O2. The second-order valence-corrected chi connectivity index (χ2v) is 11.0. The Bertz CT molecular complexity index is 780. The van der Waals surface area contributed by atoms with Crippen LogP contribution in [-0.2, 0) is 0 Å². The lowest BCUT2D eigenvalue weighted by molar-refractivity contribution is -0.119. The number of rotatable bonds is 2. The topological polar surface area (TPSA) is 29.5 Å². The Morgan fingerprint density at radius 2 is 1.72 bits per heavy atom. The first kappa shape index (κ1) is 19.7. The molecule has 1 aromatic rings. The van der Waals surface area contributed by atoms with E-state index < -0.39 is 0 Å². The van der Waals surface area contributed by atoms with Crippen LogP contribution in [0.3, 0.4) is 0 Å². The molecular weight excluding hydrogens is 356 g/mol. The van der Waals surface area contributed by atoms with Crippen LogP contribution in [0.15, 0.2) is 29.8 Å². The lowest BCUT2D eigenvalue weighted by Gasteiger charge is -2.60. The maximum Gasteiger partial charge on any atom is 0.118 e. The van der Waals surface area contributed by atoms with Crippen LogP contribution in [0.4, 0.5) is 0 Å². The highest BCUT2D eigenvalue weighted by atomic mass is 16.5. The van der Waals surface area contributed by atoms with Gasteiger partial charge in [-0.05, 0) is 97.3 Å². The van der Waals surface area contributed by atoms with Gasteiger partial charge in [0, 0.05) is 5.41 Å². The second-order valence-electron chi connectivity index (χ2n) is 11.0. The lowest BCUT2D eigenvalue weighted by Crippen LogP contribution is -2.53. The van der Waals surface area contributed by atoms with Gasteiger partial charge in [0.2, 0.25) is 0 Å². The first-order valence-electron chi connectivity index (χ1n) is 12.0. The molecule has 5 rings (SSSR count). The summed E-state index contributed by atoms with van der Waals surface area (Å²) in [5.74, 6) is 4.19. The van der Waals surface area contributed by atoms with Crippen molar-refractivity contribution in [1.82, 2.24) is 0 Å². The fourth-order valence-corrected chi connectivity index (χ4v) is 8.21. The monoisotopic (exact) mass is 394 g/mol. The molecule has 2 heteroatoms. The van der Waals surface area contributed by atoms with E-state index in [4.69, 9.17) is 4.74 Å². The van der Waals surface area contributed by atoms with E-state index in [9.17, 15) is 5.11 Å². The zero-order valence-corrected chi connectivity index (χ0v) is 18.5. The highest BCUT2D eigenvalue weighted by molar-refractivity contribution is 5.56. The number of aliphatic hydroxyl groups excluding tert-OH is 1. The largest absolute Gasteiger partial charge is 0.497 e. The Morgan fingerprint density at radius 3 is 2.48 bits per heavy atom. The van der Waals surface area contributed by atoms with Crippen molar-refractivity contribution in [3.05, 3.63) is 35.4 Å². The third kappa shape index (κ3) is 3.00. The average Bonchev–Trinajstić information content (AvgIpc) is 2.99. The molecule has 0 amide bonds. The SMILES string of the molecule is COc1ccc(C=C2CC3C4CCC5CCCCC5(C)C4CCC3(C)C2O)cc1. The van der Waals surface area contributed by atoms with Crippen LogP contribution in [0.5, 0.6) is 5.75 Å². The Morgan fingerprint density at radius 1 is 0.931 bits per heavy atom. The summed E-state index contributed by atoms with van der Waals surface area (Å²) in [5.41, 5.74) is 3.08. The summed E-state index contributed by atoms with van der Waals surface area (Å²) >= 11 is 0. The van der Waals surface area contributed by atoms with Gasteiger partial charge in [0.25, 0.3) is 0 Å². The summed E-state index contributed by atoms with van der Waals surface area (Å²) in [6.07, 6.45) is 14.2. The summed E-state index contributed by atoms with van der Waals surface area (Å²) in [4.78, 5) is 0. The Labute approximate surface area is 176 Å². The van der Waals surface area contributed by atoms with E-state index in [0.29, 0.717) is 11.3 Å². The molecule has 0 spiro atoms. The molecule has 0 aromatic heterocycles. The van der Waals surface area contributed by atoms with Crippen molar-refractivity contribution < 1.29 is 9.84 Å². The van der Waals surface area contributed by atoms with E-state index in [1.807, 2.05) is 12.1 Å². The molecule has 4 saturated carbocycles. The van der Waals surface area contributed by atoms with Gasteiger partial charge in [0.15, 0.2) is 0 Å². The quantitative estimate of drug-likeness (QED) is 0.622. The number of hydrogen-bond acceptors (Lipinski definition) is 2. The van der Waals surface area contributed by atoms with E-state index in [1.54, 1.807) is 7.11 Å². The third-order valence-corrected chi connectivity index (χ3v) is 9.92. The van der Waals surface area contributed by atoms with Crippen LogP contribution < -0.4 is 4.74 Å². The van der Waals surface area contributed by atoms with Crippen LogP contribution in [0.1, 0.15) is 77.2 Å². The molecule has 7 atom stereocenters. The van der Waals surface area contributed by atoms with Crippen LogP contribution in [0, 0.1) is 34.5 Å². The Balaban J connectivity index is 1.43. The van der Waals surface area contributed by atoms with Gasteiger partial charge >= 0.3 is 0 Å². The minimum absolute atomic E-state index is 0.0668. The van der Waals surface area contributed by atoms with Gasteiger partial charge in [-0.15, -0.1) is 0 Å². The van der Waals surface area contributed by atoms with Crippen molar-refractivity contribution >= 4 is 6.08 Å². The van der Waals surface area contributed by atoms with Crippen LogP contribution >= 0.6 is 0 Å². The molecule has 1 aromatic carbocycles. The number of aliphatic hydroxyl groups is 1. The minimum Gasteiger partial charge on any atom is -0.497 e. The van der Waals surface area contributed by atoms with Gasteiger partial charge < -0.3 is 9.84 Å². The molecule has 4 aliphatic rings. The standard InChI is InChI=1S/C27H38O2/c1-26-14-5-4-6-20(26)9-12-22-23(26)13-15-27(2)24(22)17-19(25(27)28)16-18-7-10-21(29-3)11-8-18/h7-8,10-11,16,20,22-25,28H,4-6,9,12-15,17H2,1-3H3. The molecule has 0 aliphatic heterocycles. The number of hydrogen-bond donors (Lipinski definition) is 1. The molecule has 2 nitrogen and oxygen atoms in total. The summed E-state index contributed by atoms with van der Waals surface area (Å²) in [6, 6.07) is 8.26. The van der Waals surface area contributed by atoms with Crippen LogP contribution in [0.25, 0.3) is 6.08 Å². The molecule has 0 radical (unpaired) electrons.